The fraction of sp³-hybridized carbons (Fsp3) is 0.385. The van der Waals surface area contributed by atoms with Crippen LogP contribution >= 0.6 is 15.9 Å². The van der Waals surface area contributed by atoms with E-state index in [2.05, 4.69) is 26.1 Å². The van der Waals surface area contributed by atoms with E-state index in [1.54, 1.807) is 12.1 Å². The number of hydrogen-bond acceptors (Lipinski definition) is 6. The molecule has 8 heteroatoms. The van der Waals surface area contributed by atoms with Gasteiger partial charge in [-0.2, -0.15) is 4.98 Å². The van der Waals surface area contributed by atoms with Gasteiger partial charge in [-0.15, -0.1) is 0 Å². The third-order valence-corrected chi connectivity index (χ3v) is 4.25. The lowest BCUT2D eigenvalue weighted by Crippen LogP contribution is -2.34. The summed E-state index contributed by atoms with van der Waals surface area (Å²) in [7, 11) is 0. The van der Waals surface area contributed by atoms with Crippen LogP contribution in [0.2, 0.25) is 0 Å². The molecule has 0 radical (unpaired) electrons. The Bertz CT molecular complexity index is 694. The molecule has 0 bridgehead atoms. The summed E-state index contributed by atoms with van der Waals surface area (Å²) in [6, 6.07) is 4.68. The summed E-state index contributed by atoms with van der Waals surface area (Å²) >= 11 is 3.21. The molecule has 1 aliphatic rings. The van der Waals surface area contributed by atoms with Crippen LogP contribution in [0.4, 0.5) is 5.69 Å². The molecule has 7 nitrogen and oxygen atoms in total. The largest absolute Gasteiger partial charge is 0.334 e. The second kappa shape index (κ2) is 5.19. The van der Waals surface area contributed by atoms with E-state index in [1.165, 1.54) is 6.07 Å². The highest BCUT2D eigenvalue weighted by atomic mass is 79.9. The lowest BCUT2D eigenvalue weighted by atomic mass is 9.98. The van der Waals surface area contributed by atoms with Gasteiger partial charge in [0.15, 0.2) is 5.82 Å². The monoisotopic (exact) mass is 352 g/mol. The molecule has 0 aliphatic heterocycles. The highest BCUT2D eigenvalue weighted by Gasteiger charge is 2.36. The third-order valence-electron chi connectivity index (χ3n) is 3.75. The first-order chi connectivity index (χ1) is 9.99. The van der Waals surface area contributed by atoms with Crippen molar-refractivity contribution in [3.8, 4) is 11.5 Å². The van der Waals surface area contributed by atoms with Gasteiger partial charge in [0.1, 0.15) is 5.56 Å². The first-order valence-corrected chi connectivity index (χ1v) is 7.36. The zero-order valence-electron chi connectivity index (χ0n) is 11.1. The predicted octanol–water partition coefficient (Wildman–Crippen LogP) is 3.14. The summed E-state index contributed by atoms with van der Waals surface area (Å²) < 4.78 is 5.81. The standard InChI is InChI=1S/C13H13BrN4O3/c14-8-3-4-9(10(7-8)18(19)20)11-16-12(17-21-11)13(15)5-1-2-6-13/h3-4,7H,1-2,5-6,15H2. The zero-order valence-corrected chi connectivity index (χ0v) is 12.7. The summed E-state index contributed by atoms with van der Waals surface area (Å²) in [5.74, 6) is 0.549. The Hall–Kier alpha value is -1.80. The number of nitrogens with two attached hydrogens (primary N) is 1. The SMILES string of the molecule is NC1(c2noc(-c3ccc(Br)cc3[N+](=O)[O-])n2)CCCC1. The van der Waals surface area contributed by atoms with Gasteiger partial charge in [-0.05, 0) is 25.0 Å². The highest BCUT2D eigenvalue weighted by molar-refractivity contribution is 9.10. The quantitative estimate of drug-likeness (QED) is 0.671. The minimum atomic E-state index is -0.577. The van der Waals surface area contributed by atoms with Crippen LogP contribution in [0.5, 0.6) is 0 Å². The summed E-state index contributed by atoms with van der Waals surface area (Å²) in [4.78, 5) is 15.0. The van der Waals surface area contributed by atoms with Gasteiger partial charge in [-0.3, -0.25) is 10.1 Å². The number of aromatic nitrogens is 2. The lowest BCUT2D eigenvalue weighted by molar-refractivity contribution is -0.384. The molecule has 21 heavy (non-hydrogen) atoms. The van der Waals surface area contributed by atoms with E-state index in [9.17, 15) is 10.1 Å². The maximum Gasteiger partial charge on any atom is 0.283 e. The molecule has 0 amide bonds. The van der Waals surface area contributed by atoms with Gasteiger partial charge >= 0.3 is 0 Å². The predicted molar refractivity (Wildman–Crippen MR) is 78.4 cm³/mol. The van der Waals surface area contributed by atoms with Crippen molar-refractivity contribution in [2.24, 2.45) is 5.73 Å². The normalized spacial score (nSPS) is 17.0. The molecule has 2 N–H and O–H groups in total. The van der Waals surface area contributed by atoms with Crippen molar-refractivity contribution in [3.63, 3.8) is 0 Å². The van der Waals surface area contributed by atoms with E-state index >= 15 is 0 Å². The molecular formula is C13H13BrN4O3. The van der Waals surface area contributed by atoms with E-state index in [4.69, 9.17) is 10.3 Å². The minimum absolute atomic E-state index is 0.0860. The topological polar surface area (TPSA) is 108 Å². The van der Waals surface area contributed by atoms with E-state index in [-0.39, 0.29) is 11.6 Å². The molecule has 0 saturated heterocycles. The van der Waals surface area contributed by atoms with Gasteiger partial charge in [-0.1, -0.05) is 33.9 Å². The van der Waals surface area contributed by atoms with Crippen LogP contribution in [-0.2, 0) is 5.54 Å². The maximum atomic E-state index is 11.1. The molecule has 3 rings (SSSR count). The minimum Gasteiger partial charge on any atom is -0.334 e. The van der Waals surface area contributed by atoms with Crippen molar-refractivity contribution in [1.29, 1.82) is 0 Å². The first kappa shape index (κ1) is 14.2. The number of hydrogen-bond donors (Lipinski definition) is 1. The van der Waals surface area contributed by atoms with Gasteiger partial charge in [0.2, 0.25) is 0 Å². The highest BCUT2D eigenvalue weighted by Crippen LogP contribution is 2.37. The summed E-state index contributed by atoms with van der Waals surface area (Å²) in [6.45, 7) is 0. The van der Waals surface area contributed by atoms with Crippen molar-refractivity contribution < 1.29 is 9.45 Å². The first-order valence-electron chi connectivity index (χ1n) is 6.57. The Morgan fingerprint density at radius 1 is 1.38 bits per heavy atom. The lowest BCUT2D eigenvalue weighted by Gasteiger charge is -2.17. The van der Waals surface area contributed by atoms with E-state index in [1.807, 2.05) is 0 Å². The Balaban J connectivity index is 2.02. The molecular weight excluding hydrogens is 340 g/mol. The van der Waals surface area contributed by atoms with Crippen LogP contribution in [-0.4, -0.2) is 15.1 Å². The number of halogens is 1. The van der Waals surface area contributed by atoms with Crippen molar-refractivity contribution in [2.75, 3.05) is 0 Å². The van der Waals surface area contributed by atoms with Crippen LogP contribution in [0.15, 0.2) is 27.2 Å². The summed E-state index contributed by atoms with van der Waals surface area (Å²) in [5.41, 5.74) is 5.90. The van der Waals surface area contributed by atoms with Crippen LogP contribution in [0.1, 0.15) is 31.5 Å². The Kier molecular flexibility index (Phi) is 3.50. The van der Waals surface area contributed by atoms with E-state index < -0.39 is 10.5 Å². The average Bonchev–Trinajstić information content (AvgIpc) is 3.08. The maximum absolute atomic E-state index is 11.1. The van der Waals surface area contributed by atoms with Crippen LogP contribution in [0.3, 0.4) is 0 Å². The number of nitro benzene ring substituents is 1. The molecule has 1 aromatic heterocycles. The van der Waals surface area contributed by atoms with Gasteiger partial charge in [-0.25, -0.2) is 0 Å². The average molecular weight is 353 g/mol. The molecule has 0 spiro atoms. The molecule has 1 aromatic carbocycles. The van der Waals surface area contributed by atoms with Crippen LogP contribution < -0.4 is 5.73 Å². The van der Waals surface area contributed by atoms with Gasteiger partial charge < -0.3 is 10.3 Å². The Labute approximate surface area is 128 Å². The molecule has 1 aliphatic carbocycles. The second-order valence-electron chi connectivity index (χ2n) is 5.20. The fourth-order valence-corrected chi connectivity index (χ4v) is 2.95. The molecule has 1 heterocycles. The number of nitro groups is 1. The van der Waals surface area contributed by atoms with Gasteiger partial charge in [0.05, 0.1) is 10.5 Å². The van der Waals surface area contributed by atoms with Crippen molar-refractivity contribution in [3.05, 3.63) is 38.6 Å². The molecule has 0 atom stereocenters. The smallest absolute Gasteiger partial charge is 0.283 e. The van der Waals surface area contributed by atoms with Crippen molar-refractivity contribution >= 4 is 21.6 Å². The number of nitrogens with zero attached hydrogens (tertiary/aromatic N) is 3. The molecule has 0 unspecified atom stereocenters. The van der Waals surface area contributed by atoms with Gasteiger partial charge in [0.25, 0.3) is 11.6 Å². The van der Waals surface area contributed by atoms with Crippen molar-refractivity contribution in [1.82, 2.24) is 10.1 Å². The number of rotatable bonds is 3. The van der Waals surface area contributed by atoms with Gasteiger partial charge in [0, 0.05) is 10.5 Å². The summed E-state index contributed by atoms with van der Waals surface area (Å²) in [6.07, 6.45) is 3.65. The zero-order chi connectivity index (χ0) is 15.0. The molecule has 2 aromatic rings. The van der Waals surface area contributed by atoms with Crippen molar-refractivity contribution in [2.45, 2.75) is 31.2 Å². The molecule has 1 saturated carbocycles. The third kappa shape index (κ3) is 2.56. The van der Waals surface area contributed by atoms with Crippen LogP contribution in [0, 0.1) is 10.1 Å². The summed E-state index contributed by atoms with van der Waals surface area (Å²) in [5, 5.41) is 15.1. The number of benzene rings is 1. The molecule has 110 valence electrons. The van der Waals surface area contributed by atoms with E-state index in [0.717, 1.165) is 25.7 Å². The second-order valence-corrected chi connectivity index (χ2v) is 6.12. The fourth-order valence-electron chi connectivity index (χ4n) is 2.60. The molecule has 1 fully saturated rings. The van der Waals surface area contributed by atoms with Crippen LogP contribution in [0.25, 0.3) is 11.5 Å². The Morgan fingerprint density at radius 2 is 2.10 bits per heavy atom. The van der Waals surface area contributed by atoms with E-state index in [0.29, 0.717) is 15.9 Å². The Morgan fingerprint density at radius 3 is 2.76 bits per heavy atom.